The number of hydrogen-bond donors (Lipinski definition) is 3. The summed E-state index contributed by atoms with van der Waals surface area (Å²) in [6, 6.07) is 13.1. The van der Waals surface area contributed by atoms with Crippen LogP contribution in [0.15, 0.2) is 67.7 Å². The third-order valence-electron chi connectivity index (χ3n) is 7.84. The molecular weight excluding hydrogens is 566 g/mol. The molecule has 0 aliphatic carbocycles. The molecule has 2 heterocycles. The van der Waals surface area contributed by atoms with Gasteiger partial charge in [0, 0.05) is 13.1 Å². The molecule has 3 N–H and O–H groups in total. The molecule has 12 nitrogen and oxygen atoms in total. The number of nitrogens with zero attached hydrogens (tertiary/aromatic N) is 2. The van der Waals surface area contributed by atoms with E-state index in [0.717, 1.165) is 9.13 Å². The van der Waals surface area contributed by atoms with Gasteiger partial charge in [0.1, 0.15) is 5.78 Å². The van der Waals surface area contributed by atoms with Crippen molar-refractivity contribution in [2.24, 2.45) is 5.92 Å². The Morgan fingerprint density at radius 2 is 1.32 bits per heavy atom. The highest BCUT2D eigenvalue weighted by Crippen LogP contribution is 2.18. The van der Waals surface area contributed by atoms with Crippen LogP contribution in [-0.2, 0) is 27.4 Å². The van der Waals surface area contributed by atoms with Crippen LogP contribution in [0.2, 0.25) is 0 Å². The molecule has 234 valence electrons. The van der Waals surface area contributed by atoms with Crippen LogP contribution >= 0.6 is 0 Å². The van der Waals surface area contributed by atoms with E-state index in [2.05, 4.69) is 15.3 Å². The minimum Gasteiger partial charge on any atom is -0.466 e. The Labute approximate surface area is 253 Å². The van der Waals surface area contributed by atoms with Crippen LogP contribution in [-0.4, -0.2) is 50.0 Å². The lowest BCUT2D eigenvalue weighted by Crippen LogP contribution is -2.41. The maximum absolute atomic E-state index is 12.8. The molecule has 0 saturated carbocycles. The SMILES string of the molecule is CCOC(=O)C(CCCCNC(CCn1c(=O)[nH]c2ccccc2c1=O)C(C)=O)CCCn1c(=O)[nH]c2ccccc2c1=O. The van der Waals surface area contributed by atoms with Crippen LogP contribution in [0.1, 0.15) is 52.4 Å². The maximum Gasteiger partial charge on any atom is 0.328 e. The summed E-state index contributed by atoms with van der Waals surface area (Å²) in [5.74, 6) is -0.799. The van der Waals surface area contributed by atoms with Crippen molar-refractivity contribution in [3.63, 3.8) is 0 Å². The Morgan fingerprint density at radius 3 is 1.89 bits per heavy atom. The molecule has 0 aliphatic rings. The molecule has 12 heteroatoms. The Kier molecular flexibility index (Phi) is 11.2. The summed E-state index contributed by atoms with van der Waals surface area (Å²) in [5, 5.41) is 4.06. The van der Waals surface area contributed by atoms with Crippen molar-refractivity contribution in [3.8, 4) is 0 Å². The monoisotopic (exact) mass is 605 g/mol. The van der Waals surface area contributed by atoms with Crippen molar-refractivity contribution >= 4 is 33.6 Å². The zero-order valence-electron chi connectivity index (χ0n) is 25.1. The fourth-order valence-electron chi connectivity index (χ4n) is 5.44. The number of fused-ring (bicyclic) bond motifs is 2. The highest BCUT2D eigenvalue weighted by atomic mass is 16.5. The zero-order chi connectivity index (χ0) is 31.6. The number of H-pyrrole nitrogens is 2. The predicted molar refractivity (Wildman–Crippen MR) is 168 cm³/mol. The first-order valence-electron chi connectivity index (χ1n) is 15.1. The number of carbonyl (C=O) groups excluding carboxylic acids is 2. The number of hydrogen-bond acceptors (Lipinski definition) is 8. The maximum atomic E-state index is 12.8. The highest BCUT2D eigenvalue weighted by molar-refractivity contribution is 5.81. The van der Waals surface area contributed by atoms with Crippen LogP contribution in [0.5, 0.6) is 0 Å². The zero-order valence-corrected chi connectivity index (χ0v) is 25.1. The normalized spacial score (nSPS) is 12.8. The Bertz CT molecular complexity index is 1850. The molecule has 44 heavy (non-hydrogen) atoms. The third kappa shape index (κ3) is 7.87. The fraction of sp³-hybridized carbons (Fsp3) is 0.438. The van der Waals surface area contributed by atoms with Crippen LogP contribution in [0, 0.1) is 5.92 Å². The smallest absolute Gasteiger partial charge is 0.328 e. The number of ether oxygens (including phenoxy) is 1. The van der Waals surface area contributed by atoms with Crippen molar-refractivity contribution in [1.82, 2.24) is 24.4 Å². The number of carbonyl (C=O) groups is 2. The quantitative estimate of drug-likeness (QED) is 0.129. The number of aromatic nitrogens is 4. The van der Waals surface area contributed by atoms with Crippen molar-refractivity contribution in [2.75, 3.05) is 13.2 Å². The number of aromatic amines is 2. The molecule has 0 amide bonds. The van der Waals surface area contributed by atoms with Crippen LogP contribution in [0.4, 0.5) is 0 Å². The van der Waals surface area contributed by atoms with E-state index in [0.29, 0.717) is 60.5 Å². The van der Waals surface area contributed by atoms with E-state index in [9.17, 15) is 28.8 Å². The first-order valence-corrected chi connectivity index (χ1v) is 15.1. The summed E-state index contributed by atoms with van der Waals surface area (Å²) in [6.07, 6.45) is 3.09. The van der Waals surface area contributed by atoms with Gasteiger partial charge in [0.25, 0.3) is 11.1 Å². The van der Waals surface area contributed by atoms with Gasteiger partial charge in [-0.2, -0.15) is 0 Å². The topological polar surface area (TPSA) is 165 Å². The molecule has 2 aromatic heterocycles. The molecule has 4 rings (SSSR count). The largest absolute Gasteiger partial charge is 0.466 e. The number of para-hydroxylation sites is 2. The first-order chi connectivity index (χ1) is 21.2. The highest BCUT2D eigenvalue weighted by Gasteiger charge is 2.20. The van der Waals surface area contributed by atoms with Crippen molar-refractivity contribution in [2.45, 2.75) is 71.5 Å². The molecule has 0 saturated heterocycles. The van der Waals surface area contributed by atoms with E-state index in [4.69, 9.17) is 4.74 Å². The van der Waals surface area contributed by atoms with Crippen LogP contribution < -0.4 is 27.8 Å². The van der Waals surface area contributed by atoms with Crippen molar-refractivity contribution < 1.29 is 14.3 Å². The molecule has 0 fully saturated rings. The summed E-state index contributed by atoms with van der Waals surface area (Å²) in [4.78, 5) is 80.9. The standard InChI is InChI=1S/C32H39N5O7/c1-3-44-30(41)22(12-10-19-36-28(39)23-13-4-6-15-26(23)34-31(36)42)11-8-9-18-33-25(21(2)38)17-20-37-29(40)24-14-5-7-16-27(24)35-32(37)43/h4-7,13-16,22,25,33H,3,8-12,17-20H2,1-2H3,(H,34,42)(H,35,43). The van der Waals surface area contributed by atoms with Gasteiger partial charge in [-0.25, -0.2) is 9.59 Å². The molecule has 2 aromatic carbocycles. The van der Waals surface area contributed by atoms with Gasteiger partial charge in [0.05, 0.1) is 40.4 Å². The van der Waals surface area contributed by atoms with E-state index in [-0.39, 0.29) is 49.3 Å². The second-order valence-electron chi connectivity index (χ2n) is 10.9. The summed E-state index contributed by atoms with van der Waals surface area (Å²) in [5.41, 5.74) is -0.805. The lowest BCUT2D eigenvalue weighted by atomic mass is 9.96. The van der Waals surface area contributed by atoms with Crippen LogP contribution in [0.3, 0.4) is 0 Å². The van der Waals surface area contributed by atoms with Crippen molar-refractivity contribution in [1.29, 1.82) is 0 Å². The van der Waals surface area contributed by atoms with Gasteiger partial charge in [-0.1, -0.05) is 30.7 Å². The predicted octanol–water partition coefficient (Wildman–Crippen LogP) is 2.46. The number of nitrogens with one attached hydrogen (secondary N) is 3. The van der Waals surface area contributed by atoms with Gasteiger partial charge in [-0.05, 0) is 76.8 Å². The van der Waals surface area contributed by atoms with E-state index >= 15 is 0 Å². The number of unbranched alkanes of at least 4 members (excludes halogenated alkanes) is 1. The molecule has 2 unspecified atom stereocenters. The molecular formula is C32H39N5O7. The molecule has 4 aromatic rings. The molecule has 0 radical (unpaired) electrons. The Morgan fingerprint density at radius 1 is 0.773 bits per heavy atom. The van der Waals surface area contributed by atoms with Gasteiger partial charge in [-0.15, -0.1) is 0 Å². The molecule has 0 bridgehead atoms. The molecule has 0 aliphatic heterocycles. The summed E-state index contributed by atoms with van der Waals surface area (Å²) >= 11 is 0. The van der Waals surface area contributed by atoms with E-state index in [1.165, 1.54) is 6.92 Å². The average molecular weight is 606 g/mol. The summed E-state index contributed by atoms with van der Waals surface area (Å²) < 4.78 is 7.54. The number of ketones is 1. The van der Waals surface area contributed by atoms with Crippen LogP contribution in [0.25, 0.3) is 21.8 Å². The summed E-state index contributed by atoms with van der Waals surface area (Å²) in [7, 11) is 0. The molecule has 0 spiro atoms. The van der Waals surface area contributed by atoms with Gasteiger partial charge in [0.15, 0.2) is 0 Å². The fourth-order valence-corrected chi connectivity index (χ4v) is 5.44. The number of Topliss-reactive ketones (excluding diaryl/α,β-unsaturated/α-hetero) is 1. The number of rotatable bonds is 16. The molecule has 2 atom stereocenters. The van der Waals surface area contributed by atoms with E-state index < -0.39 is 23.0 Å². The van der Waals surface area contributed by atoms with E-state index in [1.54, 1.807) is 55.5 Å². The minimum absolute atomic E-state index is 0.0876. The van der Waals surface area contributed by atoms with Crippen molar-refractivity contribution in [3.05, 3.63) is 90.2 Å². The third-order valence-corrected chi connectivity index (χ3v) is 7.84. The van der Waals surface area contributed by atoms with E-state index in [1.807, 2.05) is 0 Å². The minimum atomic E-state index is -0.535. The first kappa shape index (κ1) is 32.3. The van der Waals surface area contributed by atoms with Gasteiger partial charge in [0.2, 0.25) is 0 Å². The van der Waals surface area contributed by atoms with Gasteiger partial charge >= 0.3 is 17.3 Å². The second kappa shape index (κ2) is 15.2. The number of benzene rings is 2. The lowest BCUT2D eigenvalue weighted by Gasteiger charge is -2.18. The van der Waals surface area contributed by atoms with Gasteiger partial charge < -0.3 is 20.0 Å². The average Bonchev–Trinajstić information content (AvgIpc) is 3.00. The summed E-state index contributed by atoms with van der Waals surface area (Å²) in [6.45, 7) is 4.24. The Hall–Kier alpha value is -4.58. The Balaban J connectivity index is 1.28. The van der Waals surface area contributed by atoms with Gasteiger partial charge in [-0.3, -0.25) is 28.3 Å². The number of esters is 1. The second-order valence-corrected chi connectivity index (χ2v) is 10.9. The lowest BCUT2D eigenvalue weighted by molar-refractivity contribution is -0.148.